The minimum Gasteiger partial charge on any atom is -0.422 e. The molecule has 0 N–H and O–H groups in total. The van der Waals surface area contributed by atoms with E-state index in [-0.39, 0.29) is 17.4 Å². The number of hydrogen-bond donors (Lipinski definition) is 0. The van der Waals surface area contributed by atoms with E-state index >= 15 is 0 Å². The lowest BCUT2D eigenvalue weighted by Crippen LogP contribution is -2.62. The van der Waals surface area contributed by atoms with Gasteiger partial charge in [0.2, 0.25) is 0 Å². The van der Waals surface area contributed by atoms with Gasteiger partial charge in [-0.3, -0.25) is 9.59 Å². The first-order valence-corrected chi connectivity index (χ1v) is 10.5. The maximum atomic E-state index is 12.1. The number of carbonyl (C=O) groups excluding carboxylic acids is 2. The summed E-state index contributed by atoms with van der Waals surface area (Å²) in [7, 11) is 0. The van der Waals surface area contributed by atoms with Crippen molar-refractivity contribution in [2.45, 2.75) is 78.4 Å². The molecule has 2 fully saturated rings. The minimum atomic E-state index is -1.17. The van der Waals surface area contributed by atoms with Crippen LogP contribution in [0.3, 0.4) is 0 Å². The highest BCUT2D eigenvalue weighted by atomic mass is 16.7. The first kappa shape index (κ1) is 18.8. The predicted molar refractivity (Wildman–Crippen MR) is 102 cm³/mol. The molecule has 0 heterocycles. The van der Waals surface area contributed by atoms with Gasteiger partial charge in [-0.25, -0.2) is 0 Å². The Balaban J connectivity index is 1.80. The average molecular weight is 373 g/mol. The number of hydrogen-bond acceptors (Lipinski definition) is 4. The Kier molecular flexibility index (Phi) is 4.32. The van der Waals surface area contributed by atoms with Crippen LogP contribution in [0.25, 0.3) is 0 Å². The van der Waals surface area contributed by atoms with Crippen LogP contribution >= 0.6 is 0 Å². The maximum absolute atomic E-state index is 12.1. The van der Waals surface area contributed by atoms with Crippen molar-refractivity contribution in [3.63, 3.8) is 0 Å². The largest absolute Gasteiger partial charge is 0.422 e. The van der Waals surface area contributed by atoms with Crippen LogP contribution in [0.4, 0.5) is 0 Å². The van der Waals surface area contributed by atoms with Crippen molar-refractivity contribution in [2.24, 2.45) is 28.6 Å². The standard InChI is InChI=1S/C23H32O4/c1-15(24)26-23(27-16(2)25)13-5-7-17-9-10-18-19-8-6-12-21(19,3)14-11-20(18)22(17,23)4/h6,9,12,18-20H,5,7-8,10-11,13-14H2,1-4H3/t18-,19-,20-,21-,22-/m0/s1. The molecule has 27 heavy (non-hydrogen) atoms. The van der Waals surface area contributed by atoms with Gasteiger partial charge in [-0.05, 0) is 68.6 Å². The van der Waals surface area contributed by atoms with Crippen LogP contribution in [-0.4, -0.2) is 17.7 Å². The first-order chi connectivity index (χ1) is 12.7. The fourth-order valence-electron chi connectivity index (χ4n) is 7.00. The third kappa shape index (κ3) is 2.62. The fraction of sp³-hybridized carbons (Fsp3) is 0.739. The van der Waals surface area contributed by atoms with Crippen molar-refractivity contribution in [1.82, 2.24) is 0 Å². The monoisotopic (exact) mass is 372 g/mol. The second-order valence-corrected chi connectivity index (χ2v) is 9.52. The molecule has 0 unspecified atom stereocenters. The topological polar surface area (TPSA) is 52.6 Å². The number of rotatable bonds is 2. The Labute approximate surface area is 162 Å². The fourth-order valence-corrected chi connectivity index (χ4v) is 7.00. The van der Waals surface area contributed by atoms with Crippen LogP contribution in [0, 0.1) is 28.6 Å². The molecular formula is C23H32O4. The lowest BCUT2D eigenvalue weighted by atomic mass is 9.46. The van der Waals surface area contributed by atoms with Gasteiger partial charge in [0.25, 0.3) is 5.79 Å². The summed E-state index contributed by atoms with van der Waals surface area (Å²) in [4.78, 5) is 24.1. The van der Waals surface area contributed by atoms with Crippen LogP contribution in [0.15, 0.2) is 23.8 Å². The number of esters is 2. The van der Waals surface area contributed by atoms with Gasteiger partial charge >= 0.3 is 11.9 Å². The van der Waals surface area contributed by atoms with Gasteiger partial charge in [-0.15, -0.1) is 0 Å². The molecule has 0 amide bonds. The second kappa shape index (κ2) is 6.22. The second-order valence-electron chi connectivity index (χ2n) is 9.52. The molecule has 0 aromatic carbocycles. The van der Waals surface area contributed by atoms with Crippen LogP contribution in [0.1, 0.15) is 72.6 Å². The minimum absolute atomic E-state index is 0.281. The van der Waals surface area contributed by atoms with Gasteiger partial charge < -0.3 is 9.47 Å². The molecule has 5 atom stereocenters. The Morgan fingerprint density at radius 2 is 1.74 bits per heavy atom. The van der Waals surface area contributed by atoms with Gasteiger partial charge in [0.15, 0.2) is 0 Å². The molecule has 4 aliphatic rings. The molecule has 0 aliphatic heterocycles. The average Bonchev–Trinajstić information content (AvgIpc) is 2.96. The molecule has 4 aliphatic carbocycles. The van der Waals surface area contributed by atoms with Crippen molar-refractivity contribution in [3.05, 3.63) is 23.8 Å². The quantitative estimate of drug-likeness (QED) is 0.391. The molecule has 0 aromatic heterocycles. The lowest BCUT2D eigenvalue weighted by molar-refractivity contribution is -0.288. The van der Waals surface area contributed by atoms with Crippen molar-refractivity contribution >= 4 is 11.9 Å². The number of allylic oxidation sites excluding steroid dienone is 3. The highest BCUT2D eigenvalue weighted by Gasteiger charge is 2.66. The van der Waals surface area contributed by atoms with E-state index in [1.54, 1.807) is 0 Å². The number of ether oxygens (including phenoxy) is 2. The van der Waals surface area contributed by atoms with E-state index in [2.05, 4.69) is 32.1 Å². The van der Waals surface area contributed by atoms with E-state index < -0.39 is 11.2 Å². The summed E-state index contributed by atoms with van der Waals surface area (Å²) in [5.41, 5.74) is 1.17. The Morgan fingerprint density at radius 3 is 2.41 bits per heavy atom. The first-order valence-electron chi connectivity index (χ1n) is 10.5. The highest BCUT2D eigenvalue weighted by Crippen LogP contribution is 2.66. The normalized spacial score (nSPS) is 41.6. The zero-order valence-corrected chi connectivity index (χ0v) is 17.0. The molecule has 2 saturated carbocycles. The van der Waals surface area contributed by atoms with Crippen LogP contribution in [0.2, 0.25) is 0 Å². The van der Waals surface area contributed by atoms with E-state index in [9.17, 15) is 9.59 Å². The van der Waals surface area contributed by atoms with Crippen molar-refractivity contribution in [2.75, 3.05) is 0 Å². The highest BCUT2D eigenvalue weighted by molar-refractivity contribution is 5.69. The van der Waals surface area contributed by atoms with Crippen molar-refractivity contribution < 1.29 is 19.1 Å². The summed E-state index contributed by atoms with van der Waals surface area (Å²) in [5, 5.41) is 0. The molecule has 0 bridgehead atoms. The van der Waals surface area contributed by atoms with E-state index in [1.807, 2.05) is 0 Å². The van der Waals surface area contributed by atoms with Crippen LogP contribution < -0.4 is 0 Å². The molecule has 148 valence electrons. The molecule has 0 spiro atoms. The summed E-state index contributed by atoms with van der Waals surface area (Å²) in [6.45, 7) is 7.44. The Hall–Kier alpha value is -1.58. The van der Waals surface area contributed by atoms with E-state index in [0.717, 1.165) is 38.5 Å². The van der Waals surface area contributed by atoms with Crippen LogP contribution in [0.5, 0.6) is 0 Å². The van der Waals surface area contributed by atoms with E-state index in [4.69, 9.17) is 9.47 Å². The molecule has 4 heteroatoms. The summed E-state index contributed by atoms with van der Waals surface area (Å²) in [6.07, 6.45) is 14.1. The predicted octanol–water partition coefficient (Wildman–Crippen LogP) is 4.94. The summed E-state index contributed by atoms with van der Waals surface area (Å²) >= 11 is 0. The molecule has 0 aromatic rings. The number of carbonyl (C=O) groups is 2. The van der Waals surface area contributed by atoms with E-state index in [0.29, 0.717) is 24.2 Å². The number of fused-ring (bicyclic) bond motifs is 5. The van der Waals surface area contributed by atoms with Gasteiger partial charge in [-0.2, -0.15) is 0 Å². The van der Waals surface area contributed by atoms with Gasteiger partial charge in [0, 0.05) is 20.3 Å². The zero-order valence-electron chi connectivity index (χ0n) is 17.0. The molecule has 4 nitrogen and oxygen atoms in total. The smallest absolute Gasteiger partial charge is 0.305 e. The summed E-state index contributed by atoms with van der Waals surface area (Å²) in [5.74, 6) is -0.378. The third-order valence-corrected chi connectivity index (χ3v) is 8.17. The van der Waals surface area contributed by atoms with Gasteiger partial charge in [-0.1, -0.05) is 30.7 Å². The summed E-state index contributed by atoms with van der Waals surface area (Å²) in [6, 6.07) is 0. The van der Waals surface area contributed by atoms with Crippen molar-refractivity contribution in [3.8, 4) is 0 Å². The van der Waals surface area contributed by atoms with Gasteiger partial charge in [0.1, 0.15) is 0 Å². The maximum Gasteiger partial charge on any atom is 0.305 e. The van der Waals surface area contributed by atoms with Gasteiger partial charge in [0.05, 0.1) is 5.41 Å². The SMILES string of the molecule is CC(=O)OC1(OC(C)=O)CCCC2=CC[C@H]3[C@@H]4CC=C[C@@]4(C)CC[C@@H]3[C@]21C. The summed E-state index contributed by atoms with van der Waals surface area (Å²) < 4.78 is 11.8. The molecule has 0 saturated heterocycles. The lowest BCUT2D eigenvalue weighted by Gasteiger charge is -2.61. The van der Waals surface area contributed by atoms with Crippen LogP contribution in [-0.2, 0) is 19.1 Å². The third-order valence-electron chi connectivity index (χ3n) is 8.17. The molecular weight excluding hydrogens is 340 g/mol. The Bertz CT molecular complexity index is 704. The molecule has 4 rings (SSSR count). The van der Waals surface area contributed by atoms with E-state index in [1.165, 1.54) is 19.4 Å². The zero-order chi connectivity index (χ0) is 19.4. The van der Waals surface area contributed by atoms with Crippen molar-refractivity contribution in [1.29, 1.82) is 0 Å². The molecule has 0 radical (unpaired) electrons. The Morgan fingerprint density at radius 1 is 1.04 bits per heavy atom.